The van der Waals surface area contributed by atoms with Crippen molar-refractivity contribution in [2.45, 2.75) is 27.2 Å². The van der Waals surface area contributed by atoms with Crippen LogP contribution in [0.4, 0.5) is 0 Å². The van der Waals surface area contributed by atoms with E-state index in [9.17, 15) is 9.59 Å². The Labute approximate surface area is 116 Å². The fourth-order valence-electron chi connectivity index (χ4n) is 2.36. The molecule has 0 saturated heterocycles. The zero-order valence-electron chi connectivity index (χ0n) is 9.97. The van der Waals surface area contributed by atoms with Crippen LogP contribution in [0.2, 0.25) is 0 Å². The molecule has 17 heavy (non-hydrogen) atoms. The van der Waals surface area contributed by atoms with Gasteiger partial charge in [-0.1, -0.05) is 44.0 Å². The summed E-state index contributed by atoms with van der Waals surface area (Å²) in [4.78, 5) is 23.3. The van der Waals surface area contributed by atoms with E-state index in [4.69, 9.17) is 34.8 Å². The Morgan fingerprint density at radius 3 is 2.18 bits per heavy atom. The van der Waals surface area contributed by atoms with Gasteiger partial charge in [-0.2, -0.15) is 0 Å². The van der Waals surface area contributed by atoms with Crippen LogP contribution >= 0.6 is 34.8 Å². The maximum absolute atomic E-state index is 12.2. The Bertz CT molecular complexity index is 370. The molecule has 0 bridgehead atoms. The third kappa shape index (κ3) is 3.04. The fourth-order valence-corrected chi connectivity index (χ4v) is 2.89. The van der Waals surface area contributed by atoms with Crippen molar-refractivity contribution in [3.05, 3.63) is 10.6 Å². The summed E-state index contributed by atoms with van der Waals surface area (Å²) < 4.78 is 0.156. The summed E-state index contributed by atoms with van der Waals surface area (Å²) in [5, 5.41) is -0.583. The van der Waals surface area contributed by atoms with Crippen molar-refractivity contribution in [1.29, 1.82) is 0 Å². The summed E-state index contributed by atoms with van der Waals surface area (Å²) >= 11 is 16.6. The molecule has 3 atom stereocenters. The average Bonchev–Trinajstić information content (AvgIpc) is 2.67. The third-order valence-electron chi connectivity index (χ3n) is 3.55. The third-order valence-corrected chi connectivity index (χ3v) is 4.06. The highest BCUT2D eigenvalue weighted by molar-refractivity contribution is 6.65. The summed E-state index contributed by atoms with van der Waals surface area (Å²) in [6.07, 6.45) is 2.09. The Kier molecular flexibility index (Phi) is 4.67. The molecule has 0 N–H and O–H groups in total. The quantitative estimate of drug-likeness (QED) is 0.569. The Morgan fingerprint density at radius 1 is 1.29 bits per heavy atom. The number of Topliss-reactive ketones (excluding diaryl/α,β-unsaturated/α-hetero) is 1. The molecule has 0 aromatic rings. The maximum Gasteiger partial charge on any atom is 0.232 e. The summed E-state index contributed by atoms with van der Waals surface area (Å²) in [6, 6.07) is 0. The highest BCUT2D eigenvalue weighted by Crippen LogP contribution is 2.61. The number of rotatable bonds is 5. The van der Waals surface area contributed by atoms with E-state index in [1.165, 1.54) is 0 Å². The van der Waals surface area contributed by atoms with E-state index in [1.54, 1.807) is 13.0 Å². The molecule has 0 radical (unpaired) electrons. The fraction of sp³-hybridized carbons (Fsp3) is 0.667. The van der Waals surface area contributed by atoms with Crippen LogP contribution < -0.4 is 0 Å². The van der Waals surface area contributed by atoms with Gasteiger partial charge in [0.2, 0.25) is 5.24 Å². The minimum atomic E-state index is -0.714. The molecule has 0 amide bonds. The number of allylic oxidation sites excluding steroid dienone is 1. The van der Waals surface area contributed by atoms with Gasteiger partial charge >= 0.3 is 0 Å². The lowest BCUT2D eigenvalue weighted by molar-refractivity contribution is -0.130. The van der Waals surface area contributed by atoms with Crippen LogP contribution in [0.25, 0.3) is 0 Å². The summed E-state index contributed by atoms with van der Waals surface area (Å²) in [5.74, 6) is -1.05. The zero-order valence-corrected chi connectivity index (χ0v) is 12.2. The van der Waals surface area contributed by atoms with Crippen molar-refractivity contribution in [2.24, 2.45) is 23.2 Å². The van der Waals surface area contributed by atoms with Crippen LogP contribution in [0, 0.1) is 23.2 Å². The van der Waals surface area contributed by atoms with Gasteiger partial charge in [-0.25, -0.2) is 0 Å². The van der Waals surface area contributed by atoms with Crippen molar-refractivity contribution in [3.63, 3.8) is 0 Å². The smallest absolute Gasteiger partial charge is 0.232 e. The highest BCUT2D eigenvalue weighted by atomic mass is 35.5. The van der Waals surface area contributed by atoms with Crippen LogP contribution in [0.5, 0.6) is 0 Å². The topological polar surface area (TPSA) is 34.1 Å². The lowest BCUT2D eigenvalue weighted by Gasteiger charge is -2.09. The number of ketones is 1. The van der Waals surface area contributed by atoms with Crippen molar-refractivity contribution in [2.75, 3.05) is 0 Å². The minimum absolute atomic E-state index is 0.00920. The number of hydrogen-bond acceptors (Lipinski definition) is 2. The van der Waals surface area contributed by atoms with E-state index in [2.05, 4.69) is 0 Å². The highest BCUT2D eigenvalue weighted by Gasteiger charge is 2.61. The van der Waals surface area contributed by atoms with E-state index < -0.39 is 11.2 Å². The lowest BCUT2D eigenvalue weighted by atomic mass is 9.95. The second kappa shape index (κ2) is 5.29. The van der Waals surface area contributed by atoms with Crippen LogP contribution in [0.15, 0.2) is 10.6 Å². The molecule has 0 heterocycles. The number of halogens is 3. The molecule has 2 nitrogen and oxygen atoms in total. The monoisotopic (exact) mass is 296 g/mol. The van der Waals surface area contributed by atoms with Crippen molar-refractivity contribution < 1.29 is 9.59 Å². The second-order valence-electron chi connectivity index (χ2n) is 4.95. The lowest BCUT2D eigenvalue weighted by Crippen LogP contribution is -2.23. The molecule has 0 aromatic heterocycles. The van der Waals surface area contributed by atoms with Gasteiger partial charge in [-0.05, 0) is 35.4 Å². The van der Waals surface area contributed by atoms with E-state index in [-0.39, 0.29) is 27.5 Å². The average molecular weight is 298 g/mol. The first-order valence-corrected chi connectivity index (χ1v) is 6.62. The molecular weight excluding hydrogens is 282 g/mol. The molecule has 0 spiro atoms. The molecular formula is C12H15Cl3O2. The number of carbonyl (C=O) groups is 2. The molecule has 96 valence electrons. The first-order valence-electron chi connectivity index (χ1n) is 5.49. The first kappa shape index (κ1) is 15.0. The van der Waals surface area contributed by atoms with Crippen molar-refractivity contribution in [3.8, 4) is 0 Å². The van der Waals surface area contributed by atoms with Gasteiger partial charge in [0.25, 0.3) is 0 Å². The van der Waals surface area contributed by atoms with Crippen LogP contribution in [-0.4, -0.2) is 11.0 Å². The summed E-state index contributed by atoms with van der Waals surface area (Å²) in [6.45, 7) is 5.69. The van der Waals surface area contributed by atoms with E-state index >= 15 is 0 Å². The molecule has 1 rings (SSSR count). The van der Waals surface area contributed by atoms with Crippen LogP contribution in [0.1, 0.15) is 27.2 Å². The van der Waals surface area contributed by atoms with E-state index in [1.807, 2.05) is 13.8 Å². The SMILES string of the molecule is CCC(C(=O)Cl)C(=O)[C@@H]1[C@@H](C=C(Cl)Cl)C1(C)C. The predicted molar refractivity (Wildman–Crippen MR) is 70.2 cm³/mol. The van der Waals surface area contributed by atoms with Gasteiger partial charge in [0.15, 0.2) is 0 Å². The molecule has 1 saturated carbocycles. The minimum Gasteiger partial charge on any atom is -0.298 e. The Balaban J connectivity index is 2.85. The summed E-state index contributed by atoms with van der Waals surface area (Å²) in [7, 11) is 0. The van der Waals surface area contributed by atoms with Gasteiger partial charge in [-0.15, -0.1) is 0 Å². The zero-order chi connectivity index (χ0) is 13.4. The molecule has 1 unspecified atom stereocenters. The van der Waals surface area contributed by atoms with Crippen molar-refractivity contribution in [1.82, 2.24) is 0 Å². The van der Waals surface area contributed by atoms with Gasteiger partial charge in [0, 0.05) is 5.92 Å². The number of carbonyl (C=O) groups excluding carboxylic acids is 2. The van der Waals surface area contributed by atoms with E-state index in [0.717, 1.165) is 0 Å². The normalized spacial score (nSPS) is 27.2. The maximum atomic E-state index is 12.2. The summed E-state index contributed by atoms with van der Waals surface area (Å²) in [5.41, 5.74) is -0.203. The molecule has 1 fully saturated rings. The Morgan fingerprint density at radius 2 is 1.82 bits per heavy atom. The molecule has 0 aromatic carbocycles. The van der Waals surface area contributed by atoms with Gasteiger partial charge in [0.1, 0.15) is 10.3 Å². The molecule has 5 heteroatoms. The molecule has 1 aliphatic carbocycles. The van der Waals surface area contributed by atoms with Gasteiger partial charge in [-0.3, -0.25) is 9.59 Å². The second-order valence-corrected chi connectivity index (χ2v) is 6.33. The molecule has 1 aliphatic rings. The standard InChI is InChI=1S/C12H15Cl3O2/c1-4-6(11(15)17)10(16)9-7(5-8(13)14)12(9,2)3/h5-7,9H,4H2,1-3H3/t6?,7-,9+/m1/s1. The van der Waals surface area contributed by atoms with E-state index in [0.29, 0.717) is 6.42 Å². The van der Waals surface area contributed by atoms with Gasteiger partial charge in [0.05, 0.1) is 5.92 Å². The predicted octanol–water partition coefficient (Wildman–Crippen LogP) is 3.94. The van der Waals surface area contributed by atoms with Crippen molar-refractivity contribution >= 4 is 45.8 Å². The largest absolute Gasteiger partial charge is 0.298 e. The first-order chi connectivity index (χ1) is 7.73. The van der Waals surface area contributed by atoms with Gasteiger partial charge < -0.3 is 0 Å². The Hall–Kier alpha value is -0.0500. The van der Waals surface area contributed by atoms with Crippen LogP contribution in [0.3, 0.4) is 0 Å². The molecule has 0 aliphatic heterocycles. The van der Waals surface area contributed by atoms with Crippen LogP contribution in [-0.2, 0) is 9.59 Å². The number of hydrogen-bond donors (Lipinski definition) is 0.